The second kappa shape index (κ2) is 11.0. The molecule has 0 radical (unpaired) electrons. The molecule has 2 N–H and O–H groups in total. The van der Waals surface area contributed by atoms with E-state index in [2.05, 4.69) is 10.6 Å². The number of esters is 1. The van der Waals surface area contributed by atoms with Gasteiger partial charge in [-0.1, -0.05) is 29.8 Å². The third kappa shape index (κ3) is 6.36. The molecule has 35 heavy (non-hydrogen) atoms. The quantitative estimate of drug-likeness (QED) is 0.272. The molecule has 0 saturated carbocycles. The summed E-state index contributed by atoms with van der Waals surface area (Å²) >= 11 is 1.22. The van der Waals surface area contributed by atoms with Crippen molar-refractivity contribution in [2.24, 2.45) is 0 Å². The first-order valence-corrected chi connectivity index (χ1v) is 12.1. The van der Waals surface area contributed by atoms with E-state index < -0.39 is 12.6 Å². The number of hydrogen-bond donors (Lipinski definition) is 2. The van der Waals surface area contributed by atoms with E-state index in [0.29, 0.717) is 40.2 Å². The average molecular weight is 489 g/mol. The number of carbonyl (C=O) groups excluding carboxylic acids is 4. The summed E-state index contributed by atoms with van der Waals surface area (Å²) in [6, 6.07) is 19.3. The van der Waals surface area contributed by atoms with Crippen molar-refractivity contribution in [3.8, 4) is 0 Å². The third-order valence-corrected chi connectivity index (χ3v) is 6.53. The van der Waals surface area contributed by atoms with Gasteiger partial charge in [-0.25, -0.2) is 4.79 Å². The van der Waals surface area contributed by atoms with Crippen LogP contribution in [0.5, 0.6) is 0 Å². The van der Waals surface area contributed by atoms with Crippen LogP contribution in [0.3, 0.4) is 0 Å². The highest BCUT2D eigenvalue weighted by molar-refractivity contribution is 8.00. The highest BCUT2D eigenvalue weighted by Gasteiger charge is 2.19. The summed E-state index contributed by atoms with van der Waals surface area (Å²) in [5.74, 6) is -1.09. The second-order valence-corrected chi connectivity index (χ2v) is 9.14. The van der Waals surface area contributed by atoms with E-state index in [0.717, 1.165) is 11.1 Å². The zero-order valence-electron chi connectivity index (χ0n) is 19.1. The number of anilines is 2. The number of hydrogen-bond acceptors (Lipinski definition) is 6. The zero-order chi connectivity index (χ0) is 24.8. The molecule has 3 aromatic rings. The highest BCUT2D eigenvalue weighted by Crippen LogP contribution is 2.25. The highest BCUT2D eigenvalue weighted by atomic mass is 32.2. The maximum absolute atomic E-state index is 12.7. The average Bonchev–Trinajstić information content (AvgIpc) is 2.87. The van der Waals surface area contributed by atoms with Crippen LogP contribution in [0.25, 0.3) is 0 Å². The molecule has 0 saturated heterocycles. The number of fused-ring (bicyclic) bond motifs is 1. The van der Waals surface area contributed by atoms with Crippen molar-refractivity contribution in [3.63, 3.8) is 0 Å². The van der Waals surface area contributed by atoms with Crippen molar-refractivity contribution in [1.82, 2.24) is 0 Å². The van der Waals surface area contributed by atoms with E-state index in [-0.39, 0.29) is 23.4 Å². The summed E-state index contributed by atoms with van der Waals surface area (Å²) in [4.78, 5) is 49.7. The van der Waals surface area contributed by atoms with Crippen LogP contribution >= 0.6 is 11.8 Å². The van der Waals surface area contributed by atoms with Gasteiger partial charge in [-0.15, -0.1) is 11.8 Å². The van der Waals surface area contributed by atoms with Crippen LogP contribution in [-0.4, -0.2) is 35.9 Å². The minimum atomic E-state index is -0.634. The van der Waals surface area contributed by atoms with E-state index in [1.165, 1.54) is 11.8 Å². The number of benzene rings is 3. The molecule has 0 atom stereocenters. The van der Waals surface area contributed by atoms with Crippen LogP contribution < -0.4 is 10.6 Å². The summed E-state index contributed by atoms with van der Waals surface area (Å²) in [7, 11) is 0. The topological polar surface area (TPSA) is 102 Å². The molecule has 1 aliphatic rings. The van der Waals surface area contributed by atoms with Crippen LogP contribution in [0.1, 0.15) is 38.3 Å². The number of rotatable bonds is 8. The van der Waals surface area contributed by atoms with Crippen LogP contribution in [0, 0.1) is 6.92 Å². The largest absolute Gasteiger partial charge is 0.454 e. The van der Waals surface area contributed by atoms with Gasteiger partial charge < -0.3 is 15.4 Å². The van der Waals surface area contributed by atoms with Gasteiger partial charge in [-0.3, -0.25) is 14.4 Å². The van der Waals surface area contributed by atoms with Gasteiger partial charge in [0.15, 0.2) is 12.4 Å². The number of carbonyl (C=O) groups is 4. The van der Waals surface area contributed by atoms with E-state index >= 15 is 0 Å². The first-order valence-electron chi connectivity index (χ1n) is 11.1. The Morgan fingerprint density at radius 2 is 1.77 bits per heavy atom. The van der Waals surface area contributed by atoms with Gasteiger partial charge in [0, 0.05) is 28.3 Å². The summed E-state index contributed by atoms with van der Waals surface area (Å²) in [5, 5.41) is 5.60. The Hall–Kier alpha value is -3.91. The van der Waals surface area contributed by atoms with Gasteiger partial charge in [0.2, 0.25) is 11.8 Å². The lowest BCUT2D eigenvalue weighted by atomic mass is 9.99. The molecule has 0 bridgehead atoms. The van der Waals surface area contributed by atoms with Gasteiger partial charge in [0.05, 0.1) is 11.3 Å². The van der Waals surface area contributed by atoms with Crippen molar-refractivity contribution >= 4 is 46.7 Å². The molecule has 1 heterocycles. The number of ether oxygens (including phenoxy) is 1. The molecule has 0 unspecified atom stereocenters. The van der Waals surface area contributed by atoms with E-state index in [4.69, 9.17) is 4.74 Å². The van der Waals surface area contributed by atoms with Crippen LogP contribution in [0.4, 0.5) is 11.4 Å². The Morgan fingerprint density at radius 3 is 2.57 bits per heavy atom. The van der Waals surface area contributed by atoms with Gasteiger partial charge in [-0.05, 0) is 61.4 Å². The fourth-order valence-corrected chi connectivity index (χ4v) is 4.43. The first-order chi connectivity index (χ1) is 16.9. The lowest BCUT2D eigenvalue weighted by Gasteiger charge is -2.17. The molecule has 4 rings (SSSR count). The normalized spacial score (nSPS) is 12.3. The van der Waals surface area contributed by atoms with Gasteiger partial charge in [-0.2, -0.15) is 0 Å². The van der Waals surface area contributed by atoms with Gasteiger partial charge in [0.25, 0.3) is 0 Å². The van der Waals surface area contributed by atoms with Crippen molar-refractivity contribution < 1.29 is 23.9 Å². The predicted octanol–water partition coefficient (Wildman–Crippen LogP) is 4.65. The molecule has 0 fully saturated rings. The molecule has 8 heteroatoms. The van der Waals surface area contributed by atoms with Crippen molar-refractivity contribution in [2.75, 3.05) is 23.0 Å². The molecule has 0 spiro atoms. The number of Topliss-reactive ketones (excluding diaryl/α,β-unsaturated/α-hetero) is 1. The maximum Gasteiger partial charge on any atom is 0.339 e. The predicted molar refractivity (Wildman–Crippen MR) is 135 cm³/mol. The Morgan fingerprint density at radius 1 is 1.00 bits per heavy atom. The fraction of sp³-hybridized carbons (Fsp3) is 0.185. The minimum absolute atomic E-state index is 0.0466. The van der Waals surface area contributed by atoms with E-state index in [1.54, 1.807) is 42.5 Å². The summed E-state index contributed by atoms with van der Waals surface area (Å²) < 4.78 is 5.29. The molecule has 3 aromatic carbocycles. The van der Waals surface area contributed by atoms with Gasteiger partial charge in [0.1, 0.15) is 0 Å². The number of ketones is 1. The Labute approximate surface area is 207 Å². The zero-order valence-corrected chi connectivity index (χ0v) is 19.9. The Balaban J connectivity index is 1.33. The molecule has 7 nitrogen and oxygen atoms in total. The molecule has 0 aliphatic carbocycles. The summed E-state index contributed by atoms with van der Waals surface area (Å²) in [5.41, 5.74) is 4.10. The number of nitrogens with one attached hydrogen (secondary N) is 2. The lowest BCUT2D eigenvalue weighted by Crippen LogP contribution is -2.20. The minimum Gasteiger partial charge on any atom is -0.454 e. The lowest BCUT2D eigenvalue weighted by molar-refractivity contribution is -0.116. The fourth-order valence-electron chi connectivity index (χ4n) is 3.59. The smallest absolute Gasteiger partial charge is 0.339 e. The monoisotopic (exact) mass is 488 g/mol. The number of amides is 2. The maximum atomic E-state index is 12.7. The van der Waals surface area contributed by atoms with E-state index in [9.17, 15) is 19.2 Å². The van der Waals surface area contributed by atoms with Crippen molar-refractivity contribution in [1.29, 1.82) is 0 Å². The van der Waals surface area contributed by atoms with Crippen LogP contribution in [-0.2, 0) is 20.7 Å². The van der Waals surface area contributed by atoms with Crippen LogP contribution in [0.2, 0.25) is 0 Å². The van der Waals surface area contributed by atoms with Crippen molar-refractivity contribution in [3.05, 3.63) is 89.0 Å². The van der Waals surface area contributed by atoms with Crippen LogP contribution in [0.15, 0.2) is 71.6 Å². The summed E-state index contributed by atoms with van der Waals surface area (Å²) in [6.45, 7) is 1.56. The molecule has 178 valence electrons. The third-order valence-electron chi connectivity index (χ3n) is 5.46. The Bertz CT molecular complexity index is 1290. The summed E-state index contributed by atoms with van der Waals surface area (Å²) in [6.07, 6.45) is 0.932. The van der Waals surface area contributed by atoms with Gasteiger partial charge >= 0.3 is 5.97 Å². The first kappa shape index (κ1) is 24.2. The standard InChI is InChI=1S/C27H24N2O5S/c1-17-6-10-20(11-7-17)28-26(32)16-35-24-5-3-2-4-21(24)27(33)34-15-23(30)19-8-12-22-18(14-19)9-13-25(31)29-22/h2-8,10-12,14H,9,13,15-16H2,1H3,(H,28,32)(H,29,31). The second-order valence-electron chi connectivity index (χ2n) is 8.12. The molecule has 1 aliphatic heterocycles. The molecule has 0 aromatic heterocycles. The van der Waals surface area contributed by atoms with Crippen molar-refractivity contribution in [2.45, 2.75) is 24.7 Å². The number of thioether (sulfide) groups is 1. The van der Waals surface area contributed by atoms with E-state index in [1.807, 2.05) is 31.2 Å². The molecule has 2 amide bonds. The molecular formula is C27H24N2O5S. The molecular weight excluding hydrogens is 464 g/mol. The SMILES string of the molecule is Cc1ccc(NC(=O)CSc2ccccc2C(=O)OCC(=O)c2ccc3c(c2)CCC(=O)N3)cc1. The number of aryl methyl sites for hydroxylation is 2. The Kier molecular flexibility index (Phi) is 7.62.